The maximum absolute atomic E-state index is 14.6. The van der Waals surface area contributed by atoms with Gasteiger partial charge in [-0.25, -0.2) is 9.07 Å². The fraction of sp³-hybridized carbons (Fsp3) is 0.440. The zero-order chi connectivity index (χ0) is 22.8. The number of aromatic nitrogens is 3. The Balaban J connectivity index is 1.87. The van der Waals surface area contributed by atoms with E-state index in [2.05, 4.69) is 17.9 Å². The van der Waals surface area contributed by atoms with Gasteiger partial charge in [0.2, 0.25) is 5.95 Å². The first-order valence-electron chi connectivity index (χ1n) is 11.2. The molecular weight excluding hydrogens is 443 g/mol. The van der Waals surface area contributed by atoms with Gasteiger partial charge in [0.25, 0.3) is 0 Å². The number of thioether (sulfide) groups is 1. The Kier molecular flexibility index (Phi) is 7.11. The average molecular weight is 473 g/mol. The van der Waals surface area contributed by atoms with E-state index in [1.807, 2.05) is 42.1 Å². The molecule has 0 bridgehead atoms. The first-order chi connectivity index (χ1) is 15.4. The molecule has 0 saturated heterocycles. The number of hydrogen-bond donors (Lipinski definition) is 0. The van der Waals surface area contributed by atoms with Crippen LogP contribution in [0.4, 0.5) is 16.0 Å². The number of halogens is 2. The summed E-state index contributed by atoms with van der Waals surface area (Å²) in [5.41, 5.74) is 2.42. The number of aryl methyl sites for hydroxylation is 3. The Labute approximate surface area is 199 Å². The van der Waals surface area contributed by atoms with Gasteiger partial charge < -0.3 is 4.90 Å². The molecule has 0 N–H and O–H groups in total. The normalized spacial score (nSPS) is 14.6. The average Bonchev–Trinajstić information content (AvgIpc) is 3.52. The van der Waals surface area contributed by atoms with Gasteiger partial charge in [-0.15, -0.1) is 16.9 Å². The minimum absolute atomic E-state index is 0.105. The number of anilines is 2. The van der Waals surface area contributed by atoms with Crippen molar-refractivity contribution in [3.05, 3.63) is 64.2 Å². The van der Waals surface area contributed by atoms with E-state index in [1.165, 1.54) is 12.8 Å². The molecule has 0 spiro atoms. The Hall–Kier alpha value is -2.05. The van der Waals surface area contributed by atoms with E-state index >= 15 is 0 Å². The van der Waals surface area contributed by atoms with Crippen LogP contribution in [-0.4, -0.2) is 21.0 Å². The van der Waals surface area contributed by atoms with Gasteiger partial charge in [-0.05, 0) is 74.3 Å². The van der Waals surface area contributed by atoms with Crippen LogP contribution in [0, 0.1) is 25.6 Å². The van der Waals surface area contributed by atoms with Crippen LogP contribution in [0.15, 0.2) is 41.3 Å². The lowest BCUT2D eigenvalue weighted by atomic mass is 9.97. The maximum Gasteiger partial charge on any atom is 0.250 e. The van der Waals surface area contributed by atoms with Gasteiger partial charge in [-0.3, -0.25) is 0 Å². The molecule has 1 unspecified atom stereocenters. The molecule has 1 aromatic heterocycles. The second-order valence-corrected chi connectivity index (χ2v) is 9.86. The fourth-order valence-electron chi connectivity index (χ4n) is 4.03. The molecule has 0 amide bonds. The highest BCUT2D eigenvalue weighted by Gasteiger charge is 2.34. The summed E-state index contributed by atoms with van der Waals surface area (Å²) in [4.78, 5) is 8.04. The van der Waals surface area contributed by atoms with Crippen molar-refractivity contribution in [2.75, 3.05) is 11.2 Å². The lowest BCUT2D eigenvalue weighted by Gasteiger charge is -2.32. The van der Waals surface area contributed by atoms with Crippen molar-refractivity contribution in [1.29, 1.82) is 0 Å². The van der Waals surface area contributed by atoms with Crippen molar-refractivity contribution in [2.45, 2.75) is 63.9 Å². The van der Waals surface area contributed by atoms with Gasteiger partial charge in [0.1, 0.15) is 11.6 Å². The highest BCUT2D eigenvalue weighted by Crippen LogP contribution is 2.46. The van der Waals surface area contributed by atoms with Crippen molar-refractivity contribution >= 4 is 35.0 Å². The first-order valence-corrected chi connectivity index (χ1v) is 12.8. The summed E-state index contributed by atoms with van der Waals surface area (Å²) in [6.45, 7) is 6.70. The Morgan fingerprint density at radius 2 is 2.00 bits per heavy atom. The van der Waals surface area contributed by atoms with Gasteiger partial charge >= 0.3 is 0 Å². The summed E-state index contributed by atoms with van der Waals surface area (Å²) >= 11 is 8.46. The van der Waals surface area contributed by atoms with Crippen LogP contribution in [0.2, 0.25) is 5.02 Å². The number of benzene rings is 2. The minimum atomic E-state index is -0.187. The van der Waals surface area contributed by atoms with Crippen molar-refractivity contribution in [1.82, 2.24) is 14.8 Å². The maximum atomic E-state index is 14.6. The molecule has 3 aromatic rings. The molecule has 1 heterocycles. The van der Waals surface area contributed by atoms with Crippen molar-refractivity contribution in [3.63, 3.8) is 0 Å². The number of rotatable bonds is 9. The zero-order valence-electron chi connectivity index (χ0n) is 19.1. The van der Waals surface area contributed by atoms with Crippen LogP contribution >= 0.6 is 23.4 Å². The molecule has 32 heavy (non-hydrogen) atoms. The van der Waals surface area contributed by atoms with Crippen LogP contribution < -0.4 is 4.90 Å². The molecule has 1 aliphatic rings. The molecule has 1 atom stereocenters. The van der Waals surface area contributed by atoms with Crippen LogP contribution in [0.3, 0.4) is 0 Å². The third-order valence-corrected chi connectivity index (χ3v) is 7.08. The molecule has 7 heteroatoms. The zero-order valence-corrected chi connectivity index (χ0v) is 20.7. The smallest absolute Gasteiger partial charge is 0.250 e. The van der Waals surface area contributed by atoms with Gasteiger partial charge in [0.15, 0.2) is 0 Å². The summed E-state index contributed by atoms with van der Waals surface area (Å²) in [6, 6.07) is 11.5. The lowest BCUT2D eigenvalue weighted by molar-refractivity contribution is 0.554. The molecule has 1 fully saturated rings. The van der Waals surface area contributed by atoms with Crippen molar-refractivity contribution < 1.29 is 4.39 Å². The third-order valence-electron chi connectivity index (χ3n) is 6.06. The van der Waals surface area contributed by atoms with E-state index in [9.17, 15) is 4.39 Å². The molecule has 170 valence electrons. The van der Waals surface area contributed by atoms with Crippen molar-refractivity contribution in [2.24, 2.45) is 5.92 Å². The van der Waals surface area contributed by atoms with Crippen LogP contribution in [0.5, 0.6) is 0 Å². The summed E-state index contributed by atoms with van der Waals surface area (Å²) in [5.74, 6) is 1.91. The quantitative estimate of drug-likeness (QED) is 0.302. The summed E-state index contributed by atoms with van der Waals surface area (Å²) in [7, 11) is 0. The van der Waals surface area contributed by atoms with E-state index in [-0.39, 0.29) is 11.9 Å². The van der Waals surface area contributed by atoms with Crippen LogP contribution in [0.25, 0.3) is 0 Å². The predicted molar refractivity (Wildman–Crippen MR) is 132 cm³/mol. The first kappa shape index (κ1) is 23.1. The molecule has 4 rings (SSSR count). The van der Waals surface area contributed by atoms with E-state index in [1.54, 1.807) is 24.8 Å². The second-order valence-electron chi connectivity index (χ2n) is 8.57. The molecule has 4 nitrogen and oxygen atoms in total. The number of hydrogen-bond acceptors (Lipinski definition) is 4. The van der Waals surface area contributed by atoms with E-state index in [0.717, 1.165) is 41.4 Å². The summed E-state index contributed by atoms with van der Waals surface area (Å²) in [6.07, 6.45) is 6.32. The molecule has 1 aliphatic carbocycles. The monoisotopic (exact) mass is 472 g/mol. The molecule has 0 aliphatic heterocycles. The number of nitrogens with zero attached hydrogens (tertiary/aromatic N) is 4. The molecule has 2 aromatic carbocycles. The molecular formula is C25H30ClFN4S. The second kappa shape index (κ2) is 9.84. The van der Waals surface area contributed by atoms with Crippen molar-refractivity contribution in [3.8, 4) is 0 Å². The van der Waals surface area contributed by atoms with E-state index < -0.39 is 0 Å². The summed E-state index contributed by atoms with van der Waals surface area (Å²) in [5, 5.41) is 5.50. The predicted octanol–water partition coefficient (Wildman–Crippen LogP) is 7.50. The van der Waals surface area contributed by atoms with Crippen LogP contribution in [-0.2, 0) is 6.54 Å². The van der Waals surface area contributed by atoms with Gasteiger partial charge in [-0.1, -0.05) is 43.5 Å². The third kappa shape index (κ3) is 4.96. The highest BCUT2D eigenvalue weighted by molar-refractivity contribution is 7.98. The molecule has 0 radical (unpaired) electrons. The Bertz CT molecular complexity index is 1100. The highest BCUT2D eigenvalue weighted by atomic mass is 35.5. The van der Waals surface area contributed by atoms with E-state index in [0.29, 0.717) is 22.5 Å². The van der Waals surface area contributed by atoms with Gasteiger partial charge in [-0.2, -0.15) is 4.98 Å². The largest absolute Gasteiger partial charge is 0.300 e. The van der Waals surface area contributed by atoms with Crippen LogP contribution in [0.1, 0.15) is 55.6 Å². The Morgan fingerprint density at radius 3 is 2.62 bits per heavy atom. The van der Waals surface area contributed by atoms with E-state index in [4.69, 9.17) is 21.7 Å². The SMILES string of the molecule is CCCn1nc(N(c2ccc(SC)cc2Cl)C(CC2CC2)c2ccc(C)c(F)c2)nc1C. The lowest BCUT2D eigenvalue weighted by Crippen LogP contribution is -2.26. The topological polar surface area (TPSA) is 34.0 Å². The van der Waals surface area contributed by atoms with Gasteiger partial charge in [0, 0.05) is 11.4 Å². The fourth-order valence-corrected chi connectivity index (χ4v) is 4.81. The molecule has 1 saturated carbocycles. The van der Waals surface area contributed by atoms with Gasteiger partial charge in [0.05, 0.1) is 16.8 Å². The Morgan fingerprint density at radius 1 is 1.22 bits per heavy atom. The minimum Gasteiger partial charge on any atom is -0.300 e. The standard InChI is InChI=1S/C25H30ClFN4S/c1-5-12-30-17(3)28-25(29-30)31(23-11-10-20(32-4)15-21(23)26)24(13-18-7-8-18)19-9-6-16(2)22(27)14-19/h6,9-11,14-15,18,24H,5,7-8,12-13H2,1-4H3. The summed E-state index contributed by atoms with van der Waals surface area (Å²) < 4.78 is 16.6.